The molecule has 194 valence electrons. The molecule has 37 heavy (non-hydrogen) atoms. The maximum atomic E-state index is 13.5. The maximum absolute atomic E-state index is 13.5. The van der Waals surface area contributed by atoms with E-state index in [0.717, 1.165) is 67.1 Å². The summed E-state index contributed by atoms with van der Waals surface area (Å²) in [5.74, 6) is 1.38. The van der Waals surface area contributed by atoms with Crippen molar-refractivity contribution in [3.05, 3.63) is 64.7 Å². The van der Waals surface area contributed by atoms with Gasteiger partial charge < -0.3 is 26.4 Å². The Bertz CT molecular complexity index is 1240. The number of aryl methyl sites for hydroxylation is 1. The van der Waals surface area contributed by atoms with Crippen molar-refractivity contribution >= 4 is 29.4 Å². The average molecular weight is 520 g/mol. The maximum Gasteiger partial charge on any atom is 0.326 e. The number of hydrogen-bond donors (Lipinski definition) is 4. The van der Waals surface area contributed by atoms with Crippen LogP contribution in [0.25, 0.3) is 0 Å². The van der Waals surface area contributed by atoms with Crippen LogP contribution in [-0.4, -0.2) is 42.0 Å². The lowest BCUT2D eigenvalue weighted by molar-refractivity contribution is -0.117. The van der Waals surface area contributed by atoms with E-state index in [4.69, 9.17) is 10.5 Å². The van der Waals surface area contributed by atoms with Crippen LogP contribution in [0.2, 0.25) is 0 Å². The van der Waals surface area contributed by atoms with Crippen LogP contribution in [0, 0.1) is 12.8 Å². The first kappa shape index (κ1) is 24.3. The predicted octanol–water partition coefficient (Wildman–Crippen LogP) is 3.97. The molecule has 5 atom stereocenters. The molecule has 1 saturated carbocycles. The van der Waals surface area contributed by atoms with Gasteiger partial charge in [0, 0.05) is 29.4 Å². The Morgan fingerprint density at radius 3 is 2.70 bits per heavy atom. The predicted molar refractivity (Wildman–Crippen MR) is 145 cm³/mol. The first-order valence-corrected chi connectivity index (χ1v) is 14.0. The zero-order chi connectivity index (χ0) is 25.5. The summed E-state index contributed by atoms with van der Waals surface area (Å²) in [7, 11) is 0. The van der Waals surface area contributed by atoms with Crippen molar-refractivity contribution in [1.29, 1.82) is 0 Å². The third-order valence-corrected chi connectivity index (χ3v) is 9.24. The number of carbonyl (C=O) groups excluding carboxylic acids is 2. The Balaban J connectivity index is 1.25. The van der Waals surface area contributed by atoms with Crippen LogP contribution in [0.1, 0.15) is 37.7 Å². The first-order valence-electron chi connectivity index (χ1n) is 13.1. The number of para-hydroxylation sites is 1. The molecule has 2 aromatic rings. The molecule has 2 aromatic carbocycles. The fourth-order valence-corrected chi connectivity index (χ4v) is 7.46. The van der Waals surface area contributed by atoms with Crippen LogP contribution in [0.15, 0.2) is 59.1 Å². The van der Waals surface area contributed by atoms with Crippen LogP contribution in [0.4, 0.5) is 10.5 Å². The van der Waals surface area contributed by atoms with E-state index in [2.05, 4.69) is 16.0 Å². The minimum absolute atomic E-state index is 0.0110. The third kappa shape index (κ3) is 4.60. The van der Waals surface area contributed by atoms with Crippen molar-refractivity contribution < 1.29 is 14.3 Å². The molecule has 4 aliphatic rings. The number of nitrogens with two attached hydrogens (primary N) is 1. The van der Waals surface area contributed by atoms with E-state index < -0.39 is 0 Å². The molecule has 8 nitrogen and oxygen atoms in total. The van der Waals surface area contributed by atoms with Gasteiger partial charge in [-0.2, -0.15) is 0 Å². The number of rotatable bonds is 5. The summed E-state index contributed by atoms with van der Waals surface area (Å²) in [5, 5.41) is 9.87. The fraction of sp³-hybridized carbons (Fsp3) is 0.429. The summed E-state index contributed by atoms with van der Waals surface area (Å²) in [4.78, 5) is 29.4. The van der Waals surface area contributed by atoms with Crippen molar-refractivity contribution in [3.8, 4) is 11.5 Å². The van der Waals surface area contributed by atoms with Gasteiger partial charge in [0.1, 0.15) is 11.5 Å². The van der Waals surface area contributed by atoms with Crippen molar-refractivity contribution in [1.82, 2.24) is 16.0 Å². The Labute approximate surface area is 221 Å². The van der Waals surface area contributed by atoms with Gasteiger partial charge in [-0.05, 0) is 68.6 Å². The molecule has 3 heterocycles. The SMILES string of the molecule is Cc1cc(Oc2ccccc2)ccc1N1C(=O)NC2=C(C(=O)N[C@H]3CCCC[C@H]3N)SC3NCCC1C23. The van der Waals surface area contributed by atoms with Crippen LogP contribution in [-0.2, 0) is 4.79 Å². The van der Waals surface area contributed by atoms with E-state index in [1.807, 2.05) is 60.4 Å². The average Bonchev–Trinajstić information content (AvgIpc) is 3.26. The molecular formula is C28H33N5O3S. The minimum Gasteiger partial charge on any atom is -0.457 e. The highest BCUT2D eigenvalue weighted by atomic mass is 32.2. The standard InChI is InChI=1S/C28H33N5O3S/c1-16-15-18(36-17-7-3-2-4-8-17)11-12-21(16)33-22-13-14-30-27-23(22)24(32-28(33)35)25(37-27)26(34)31-20-10-6-5-9-19(20)29/h2-4,7-8,11-12,15,19-20,22-23,27,30H,5-6,9-10,13-14,29H2,1H3,(H,31,34)(H,32,35)/t19-,20+,22?,23?,27?/m1/s1. The quantitative estimate of drug-likeness (QED) is 0.476. The largest absolute Gasteiger partial charge is 0.457 e. The van der Waals surface area contributed by atoms with Gasteiger partial charge in [-0.1, -0.05) is 42.8 Å². The summed E-state index contributed by atoms with van der Waals surface area (Å²) in [6.45, 7) is 2.78. The number of nitrogens with one attached hydrogen (secondary N) is 3. The highest BCUT2D eigenvalue weighted by molar-refractivity contribution is 8.04. The van der Waals surface area contributed by atoms with E-state index >= 15 is 0 Å². The molecule has 3 fully saturated rings. The summed E-state index contributed by atoms with van der Waals surface area (Å²) in [5.41, 5.74) is 8.85. The van der Waals surface area contributed by atoms with Gasteiger partial charge in [-0.15, -0.1) is 0 Å². The fourth-order valence-electron chi connectivity index (χ4n) is 6.06. The van der Waals surface area contributed by atoms with Crippen LogP contribution >= 0.6 is 11.8 Å². The van der Waals surface area contributed by atoms with Gasteiger partial charge in [-0.25, -0.2) is 4.79 Å². The Morgan fingerprint density at radius 2 is 1.92 bits per heavy atom. The second-order valence-electron chi connectivity index (χ2n) is 10.3. The molecule has 3 aliphatic heterocycles. The van der Waals surface area contributed by atoms with Crippen molar-refractivity contribution in [3.63, 3.8) is 0 Å². The molecule has 6 rings (SSSR count). The van der Waals surface area contributed by atoms with Gasteiger partial charge in [-0.3, -0.25) is 9.69 Å². The van der Waals surface area contributed by atoms with Gasteiger partial charge in [0.25, 0.3) is 5.91 Å². The zero-order valence-electron chi connectivity index (χ0n) is 20.9. The lowest BCUT2D eigenvalue weighted by Crippen LogP contribution is -2.62. The second-order valence-corrected chi connectivity index (χ2v) is 11.5. The highest BCUT2D eigenvalue weighted by Crippen LogP contribution is 2.48. The first-order chi connectivity index (χ1) is 18.0. The van der Waals surface area contributed by atoms with Crippen molar-refractivity contribution in [2.75, 3.05) is 11.4 Å². The number of piperidine rings is 1. The van der Waals surface area contributed by atoms with E-state index in [1.165, 1.54) is 11.8 Å². The van der Waals surface area contributed by atoms with Crippen LogP contribution < -0.4 is 31.3 Å². The normalized spacial score (nSPS) is 29.0. The number of urea groups is 1. The minimum atomic E-state index is -0.195. The highest BCUT2D eigenvalue weighted by Gasteiger charge is 2.52. The molecule has 5 N–H and O–H groups in total. The lowest BCUT2D eigenvalue weighted by Gasteiger charge is -2.46. The molecule has 2 saturated heterocycles. The third-order valence-electron chi connectivity index (χ3n) is 7.89. The molecule has 3 amide bonds. The van der Waals surface area contributed by atoms with Gasteiger partial charge in [0.15, 0.2) is 0 Å². The summed E-state index contributed by atoms with van der Waals surface area (Å²) >= 11 is 1.53. The second kappa shape index (κ2) is 10.0. The number of hydrogen-bond acceptors (Lipinski definition) is 6. The van der Waals surface area contributed by atoms with E-state index in [1.54, 1.807) is 0 Å². The van der Waals surface area contributed by atoms with E-state index in [0.29, 0.717) is 4.91 Å². The van der Waals surface area contributed by atoms with Crippen LogP contribution in [0.5, 0.6) is 11.5 Å². The summed E-state index contributed by atoms with van der Waals surface area (Å²) in [6, 6.07) is 15.2. The molecule has 0 spiro atoms. The smallest absolute Gasteiger partial charge is 0.326 e. The lowest BCUT2D eigenvalue weighted by atomic mass is 9.86. The number of thioether (sulfide) groups is 1. The molecule has 9 heteroatoms. The van der Waals surface area contributed by atoms with Gasteiger partial charge in [0.05, 0.1) is 16.3 Å². The number of nitrogens with zero attached hydrogens (tertiary/aromatic N) is 1. The van der Waals surface area contributed by atoms with Gasteiger partial charge in [0.2, 0.25) is 0 Å². The number of carbonyl (C=O) groups is 2. The molecule has 0 aromatic heterocycles. The van der Waals surface area contributed by atoms with Crippen LogP contribution in [0.3, 0.4) is 0 Å². The number of amides is 3. The van der Waals surface area contributed by atoms with E-state index in [-0.39, 0.29) is 41.4 Å². The molecular weight excluding hydrogens is 486 g/mol. The molecule has 1 aliphatic carbocycles. The number of ether oxygens (including phenoxy) is 1. The van der Waals surface area contributed by atoms with Crippen molar-refractivity contribution in [2.24, 2.45) is 11.7 Å². The van der Waals surface area contributed by atoms with Gasteiger partial charge >= 0.3 is 6.03 Å². The number of anilines is 1. The molecule has 3 unspecified atom stereocenters. The Kier molecular flexibility index (Phi) is 6.60. The number of benzene rings is 2. The summed E-state index contributed by atoms with van der Waals surface area (Å²) in [6.07, 6.45) is 4.82. The van der Waals surface area contributed by atoms with Crippen molar-refractivity contribution in [2.45, 2.75) is 62.5 Å². The summed E-state index contributed by atoms with van der Waals surface area (Å²) < 4.78 is 6.00. The molecule has 0 bridgehead atoms. The Morgan fingerprint density at radius 1 is 1.11 bits per heavy atom. The topological polar surface area (TPSA) is 109 Å². The molecule has 0 radical (unpaired) electrons. The zero-order valence-corrected chi connectivity index (χ0v) is 21.7. The monoisotopic (exact) mass is 519 g/mol. The Hall–Kier alpha value is -3.01. The van der Waals surface area contributed by atoms with E-state index in [9.17, 15) is 9.59 Å².